The zero-order valence-corrected chi connectivity index (χ0v) is 69.4. The molecule has 0 aliphatic carbocycles. The van der Waals surface area contributed by atoms with Crippen LogP contribution in [-0.2, 0) is 94.3 Å². The van der Waals surface area contributed by atoms with E-state index >= 15 is 0 Å². The standard InChI is InChI=1S/C61H87N15O22S6.3H2S2/c1-28(49(85)71-43(27-104)57(93)75-48(29(2)78)59(95)64-21-46(82)66-39(23-100)53(89)70-37(61(97)98)19-31-7-11-33(80)12-8-31)65-58(94)44-4-3-16-76(44)60(96)36(20-45(62)81)69-55(91)41(25-102)74-56(92)42(26-103)72-51(87)35(18-30-5-9-32(79)10-6-30)68-50(86)34(13-14-47(83)84)67-54(90)40(24-101)73-52(88)38(22-99)63-15-17-77;3*1-2/h5-12,17,28-29,34-44,48,63,78-80,99-104H,3-4,13-16,18-27H2,1-2H3,(H2,62,81)(H,64,95)(H,65,94)(H,66,82)(H,67,90)(H,68,86)(H,69,91)(H,70,89)(H,71,85)(H,72,87)(H,73,88)(H,74,92)(H,75,93)(H,83,84)(H,97,98);3*1-2H/t28-,29+,34-,35?,36?,37-,38-,39-,40?,41?,42-,43-,44-,48-;;;/m0.../s1. The van der Waals surface area contributed by atoms with E-state index in [-0.39, 0.29) is 67.5 Å². The molecule has 2 aromatic rings. The molecule has 2 aromatic carbocycles. The second-order valence-corrected chi connectivity index (χ2v) is 25.6. The monoisotopic (exact) mass is 1770 g/mol. The number of amides is 14. The average Bonchev–Trinajstić information content (AvgIpc) is 1.61. The second kappa shape index (κ2) is 56.5. The summed E-state index contributed by atoms with van der Waals surface area (Å²) in [5.74, 6) is -19.5. The highest BCUT2D eigenvalue weighted by Crippen LogP contribution is 2.21. The van der Waals surface area contributed by atoms with E-state index in [2.05, 4.69) is 215 Å². The Labute approximate surface area is 696 Å². The van der Waals surface area contributed by atoms with Crippen LogP contribution in [0, 0.1) is 0 Å². The van der Waals surface area contributed by atoms with Crippen LogP contribution < -0.4 is 74.9 Å². The summed E-state index contributed by atoms with van der Waals surface area (Å²) in [6.07, 6.45) is -3.61. The maximum atomic E-state index is 14.3. The van der Waals surface area contributed by atoms with Crippen molar-refractivity contribution >= 4 is 247 Å². The number of nitrogens with one attached hydrogen (secondary N) is 13. The first-order chi connectivity index (χ1) is 52.1. The molecule has 1 heterocycles. The van der Waals surface area contributed by atoms with E-state index in [9.17, 15) is 107 Å². The molecule has 0 radical (unpaired) electrons. The van der Waals surface area contributed by atoms with Crippen LogP contribution in [0.5, 0.6) is 11.5 Å². The number of hydrogen-bond acceptors (Lipinski definition) is 33. The van der Waals surface area contributed by atoms with E-state index in [1.807, 2.05) is 0 Å². The Balaban J connectivity index is 0.0000193. The lowest BCUT2D eigenvalue weighted by Gasteiger charge is -2.30. The number of hydrogen-bond donors (Lipinski definition) is 31. The van der Waals surface area contributed by atoms with Crippen LogP contribution in [0.25, 0.3) is 0 Å². The number of nitrogens with zero attached hydrogens (tertiary/aromatic N) is 1. The number of aliphatic carboxylic acids is 2. The lowest BCUT2D eigenvalue weighted by Crippen LogP contribution is -2.61. The van der Waals surface area contributed by atoms with Crippen LogP contribution in [0.2, 0.25) is 0 Å². The van der Waals surface area contributed by atoms with Gasteiger partial charge in [0.15, 0.2) is 0 Å². The molecule has 0 saturated carbocycles. The van der Waals surface area contributed by atoms with E-state index in [4.69, 9.17) is 5.73 Å². The molecule has 1 saturated heterocycles. The van der Waals surface area contributed by atoms with Gasteiger partial charge in [-0.05, 0) is 68.5 Å². The summed E-state index contributed by atoms with van der Waals surface area (Å²) in [7, 11) is 0. The fourth-order valence-corrected chi connectivity index (χ4v) is 11.3. The number of thiol groups is 12. The van der Waals surface area contributed by atoms with Crippen molar-refractivity contribution in [2.45, 2.75) is 143 Å². The molecule has 14 amide bonds. The zero-order valence-electron chi connectivity index (χ0n) is 58.7. The SMILES string of the molecule is C[C@H](NC(=O)[C@@H]1CCCN1C(=O)C(CC(N)=O)NC(=O)C(CS)NC(=O)[C@H](CS)NC(=O)C(Cc1ccc(O)cc1)NC(=O)[C@H](CCC(=O)O)NC(=O)C(CS)NC(=O)[C@H](CS)NCC=O)C(=O)N[C@@H](CS)C(=O)N[C@H](C(=O)NCC(=O)N[C@@H](CS)C(=O)N[C@@H](Cc1ccc(O)cc1)C(=O)O)[C@@H](C)O.SS.SS.SS. The summed E-state index contributed by atoms with van der Waals surface area (Å²) in [5, 5.41) is 80.0. The van der Waals surface area contributed by atoms with Crippen LogP contribution >= 0.6 is 146 Å². The molecule has 110 heavy (non-hydrogen) atoms. The van der Waals surface area contributed by atoms with Crippen molar-refractivity contribution in [3.05, 3.63) is 59.7 Å². The van der Waals surface area contributed by atoms with Crippen molar-refractivity contribution < 1.29 is 107 Å². The van der Waals surface area contributed by atoms with Gasteiger partial charge in [0.05, 0.1) is 31.7 Å². The van der Waals surface area contributed by atoms with Crippen LogP contribution in [-0.4, -0.2) is 270 Å². The minimum Gasteiger partial charge on any atom is -0.508 e. The number of carboxylic acids is 2. The van der Waals surface area contributed by atoms with Gasteiger partial charge in [0.2, 0.25) is 82.7 Å². The molecule has 0 aromatic heterocycles. The molecule has 1 fully saturated rings. The van der Waals surface area contributed by atoms with Crippen LogP contribution in [0.4, 0.5) is 0 Å². The number of phenols is 2. The van der Waals surface area contributed by atoms with Crippen molar-refractivity contribution in [3.8, 4) is 11.5 Å². The molecule has 4 unspecified atom stereocenters. The minimum atomic E-state index is -1.79. The summed E-state index contributed by atoms with van der Waals surface area (Å²) < 4.78 is 0. The minimum absolute atomic E-state index is 0.0106. The largest absolute Gasteiger partial charge is 0.508 e. The molecule has 1 aliphatic heterocycles. The zero-order chi connectivity index (χ0) is 84.1. The molecule has 3 rings (SSSR count). The molecule has 0 spiro atoms. The van der Waals surface area contributed by atoms with Crippen molar-refractivity contribution in [1.82, 2.24) is 74.0 Å². The number of primary amides is 1. The van der Waals surface area contributed by atoms with Crippen LogP contribution in [0.1, 0.15) is 57.1 Å². The molecular weight excluding hydrogens is 1680 g/mol. The number of carbonyl (C=O) groups excluding carboxylic acids is 15. The molecule has 20 N–H and O–H groups in total. The van der Waals surface area contributed by atoms with Gasteiger partial charge in [-0.25, -0.2) is 4.79 Å². The van der Waals surface area contributed by atoms with Crippen LogP contribution in [0.3, 0.4) is 0 Å². The molecular formula is C61H93N15O22S12. The predicted molar refractivity (Wildman–Crippen MR) is 443 cm³/mol. The Morgan fingerprint density at radius 2 is 0.864 bits per heavy atom. The van der Waals surface area contributed by atoms with Gasteiger partial charge in [-0.15, -0.1) is 70.0 Å². The first-order valence-corrected chi connectivity index (χ1v) is 41.1. The van der Waals surface area contributed by atoms with E-state index < -0.39 is 222 Å². The van der Waals surface area contributed by atoms with Crippen molar-refractivity contribution in [2.24, 2.45) is 5.73 Å². The molecule has 49 heteroatoms. The van der Waals surface area contributed by atoms with Crippen molar-refractivity contribution in [2.75, 3.05) is 54.2 Å². The number of aliphatic hydroxyl groups is 1. The van der Waals surface area contributed by atoms with Crippen molar-refractivity contribution in [1.29, 1.82) is 0 Å². The number of likely N-dealkylation sites (tertiary alicyclic amines) is 1. The van der Waals surface area contributed by atoms with Gasteiger partial charge in [-0.3, -0.25) is 77.2 Å². The second-order valence-electron chi connectivity index (χ2n) is 23.4. The molecule has 37 nitrogen and oxygen atoms in total. The number of benzene rings is 2. The highest BCUT2D eigenvalue weighted by molar-refractivity contribution is 8.60. The highest BCUT2D eigenvalue weighted by Gasteiger charge is 2.41. The smallest absolute Gasteiger partial charge is 0.326 e. The van der Waals surface area contributed by atoms with E-state index in [1.54, 1.807) is 0 Å². The molecule has 1 aliphatic rings. The normalized spacial score (nSPS) is 15.5. The summed E-state index contributed by atoms with van der Waals surface area (Å²) in [5.41, 5.74) is 6.28. The number of aromatic hydroxyl groups is 2. The lowest BCUT2D eigenvalue weighted by molar-refractivity contribution is -0.143. The van der Waals surface area contributed by atoms with E-state index in [0.29, 0.717) is 17.4 Å². The Morgan fingerprint density at radius 1 is 0.491 bits per heavy atom. The third-order valence-corrected chi connectivity index (χ3v) is 17.6. The predicted octanol–water partition coefficient (Wildman–Crippen LogP) is -5.43. The van der Waals surface area contributed by atoms with Crippen LogP contribution in [0.15, 0.2) is 48.5 Å². The first kappa shape index (κ1) is 103. The average molecular weight is 1770 g/mol. The van der Waals surface area contributed by atoms with E-state index in [1.165, 1.54) is 55.5 Å². The number of phenolic OH excluding ortho intramolecular Hbond substituents is 2. The first-order valence-electron chi connectivity index (χ1n) is 32.5. The maximum Gasteiger partial charge on any atom is 0.326 e. The maximum absolute atomic E-state index is 14.3. The topological polar surface area (TPSA) is 577 Å². The fourth-order valence-electron chi connectivity index (χ4n) is 9.75. The molecule has 14 atom stereocenters. The van der Waals surface area contributed by atoms with Gasteiger partial charge in [0.1, 0.15) is 90.3 Å². The van der Waals surface area contributed by atoms with Gasteiger partial charge >= 0.3 is 11.9 Å². The van der Waals surface area contributed by atoms with Gasteiger partial charge in [-0.2, -0.15) is 75.8 Å². The third kappa shape index (κ3) is 37.3. The Kier molecular flexibility index (Phi) is 53.1. The number of carboxylic acid groups (broad SMARTS) is 2. The van der Waals surface area contributed by atoms with Crippen molar-refractivity contribution in [3.63, 3.8) is 0 Å². The van der Waals surface area contributed by atoms with Gasteiger partial charge in [0.25, 0.3) is 0 Å². The summed E-state index contributed by atoms with van der Waals surface area (Å²) in [6.45, 7) is 1.14. The Hall–Kier alpha value is -6.65. The number of rotatable bonds is 45. The number of aliphatic hydroxyl groups excluding tert-OH is 1. The Bertz CT molecular complexity index is 3410. The number of aldehydes is 1. The molecule has 616 valence electrons. The van der Waals surface area contributed by atoms with Gasteiger partial charge in [-0.1, -0.05) is 24.3 Å². The third-order valence-electron chi connectivity index (χ3n) is 15.4. The molecule has 0 bridgehead atoms. The quantitative estimate of drug-likeness (QED) is 0.0167. The summed E-state index contributed by atoms with van der Waals surface area (Å²) >= 11 is 44.1. The number of nitrogens with two attached hydrogens (primary N) is 1. The van der Waals surface area contributed by atoms with Gasteiger partial charge < -0.3 is 105 Å². The summed E-state index contributed by atoms with van der Waals surface area (Å²) in [6, 6.07) is -9.01. The lowest BCUT2D eigenvalue weighted by atomic mass is 10.0. The number of carbonyl (C=O) groups is 17. The summed E-state index contributed by atoms with van der Waals surface area (Å²) in [4.78, 5) is 225. The van der Waals surface area contributed by atoms with E-state index in [0.717, 1.165) is 11.8 Å². The Morgan fingerprint density at radius 3 is 1.28 bits per heavy atom. The fraction of sp³-hybridized carbons (Fsp3) is 0.525. The van der Waals surface area contributed by atoms with Gasteiger partial charge in [0, 0.05) is 60.3 Å². The highest BCUT2D eigenvalue weighted by atomic mass is 33.1.